The summed E-state index contributed by atoms with van der Waals surface area (Å²) in [6, 6.07) is 16.7. The van der Waals surface area contributed by atoms with Gasteiger partial charge in [-0.1, -0.05) is 36.4 Å². The molecule has 2 aromatic carbocycles. The van der Waals surface area contributed by atoms with E-state index in [0.717, 1.165) is 0 Å². The summed E-state index contributed by atoms with van der Waals surface area (Å²) in [5, 5.41) is 0. The van der Waals surface area contributed by atoms with Gasteiger partial charge in [0.15, 0.2) is 11.5 Å². The summed E-state index contributed by atoms with van der Waals surface area (Å²) in [5.74, 6) is 0.692. The molecular formula is C12H10O6P2Zn+2. The molecule has 9 heteroatoms. The molecule has 0 heterocycles. The molecule has 0 aliphatic carbocycles. The van der Waals surface area contributed by atoms with Gasteiger partial charge in [-0.25, -0.2) is 0 Å². The van der Waals surface area contributed by atoms with Crippen LogP contribution < -0.4 is 18.8 Å². The average Bonchev–Trinajstić information content (AvgIpc) is 2.40. The quantitative estimate of drug-likeness (QED) is 0.598. The van der Waals surface area contributed by atoms with Crippen molar-refractivity contribution in [3.05, 3.63) is 60.7 Å². The van der Waals surface area contributed by atoms with Gasteiger partial charge in [0.1, 0.15) is 0 Å². The Labute approximate surface area is 136 Å². The molecule has 21 heavy (non-hydrogen) atoms. The molecule has 0 saturated carbocycles. The second-order valence-electron chi connectivity index (χ2n) is 3.26. The second-order valence-corrected chi connectivity index (χ2v) is 4.52. The molecule has 0 spiro atoms. The van der Waals surface area contributed by atoms with Crippen LogP contribution in [-0.4, -0.2) is 0 Å². The van der Waals surface area contributed by atoms with Crippen LogP contribution in [0.4, 0.5) is 0 Å². The van der Waals surface area contributed by atoms with E-state index in [1.54, 1.807) is 60.7 Å². The Morgan fingerprint density at radius 2 is 0.952 bits per heavy atom. The minimum atomic E-state index is -2.78. The van der Waals surface area contributed by atoms with Crippen molar-refractivity contribution in [1.29, 1.82) is 0 Å². The van der Waals surface area contributed by atoms with Gasteiger partial charge < -0.3 is 9.79 Å². The molecule has 0 radical (unpaired) electrons. The van der Waals surface area contributed by atoms with Gasteiger partial charge in [0, 0.05) is 0 Å². The summed E-state index contributed by atoms with van der Waals surface area (Å²) < 4.78 is 28.7. The Balaban J connectivity index is 0.000000364. The number of para-hydroxylation sites is 2. The fourth-order valence-corrected chi connectivity index (χ4v) is 1.72. The van der Waals surface area contributed by atoms with Gasteiger partial charge in [-0.15, -0.1) is 0 Å². The maximum atomic E-state index is 9.98. The molecule has 2 rings (SSSR count). The van der Waals surface area contributed by atoms with Gasteiger partial charge in [0.25, 0.3) is 0 Å². The number of hydrogen-bond acceptors (Lipinski definition) is 6. The van der Waals surface area contributed by atoms with Crippen LogP contribution >= 0.6 is 16.5 Å². The third kappa shape index (κ3) is 10.2. The fraction of sp³-hybridized carbons (Fsp3) is 0. The summed E-state index contributed by atoms with van der Waals surface area (Å²) in [6.07, 6.45) is 0. The van der Waals surface area contributed by atoms with Gasteiger partial charge in [0.2, 0.25) is 0 Å². The van der Waals surface area contributed by atoms with E-state index in [4.69, 9.17) is 0 Å². The van der Waals surface area contributed by atoms with E-state index in [2.05, 4.69) is 9.05 Å². The van der Waals surface area contributed by atoms with Crippen molar-refractivity contribution >= 4 is 16.5 Å². The van der Waals surface area contributed by atoms with Gasteiger partial charge in [-0.2, -0.15) is 0 Å². The molecule has 0 aliphatic rings. The van der Waals surface area contributed by atoms with Crippen molar-refractivity contribution in [2.45, 2.75) is 0 Å². The number of rotatable bonds is 4. The zero-order valence-corrected chi connectivity index (χ0v) is 15.6. The molecule has 2 aromatic rings. The van der Waals surface area contributed by atoms with Gasteiger partial charge in [-0.3, -0.25) is 9.05 Å². The number of hydrogen-bond donors (Lipinski definition) is 0. The Morgan fingerprint density at radius 1 is 0.667 bits per heavy atom. The van der Waals surface area contributed by atoms with E-state index in [-0.39, 0.29) is 19.5 Å². The van der Waals surface area contributed by atoms with Gasteiger partial charge in [-0.05, 0) is 33.4 Å². The van der Waals surface area contributed by atoms with E-state index < -0.39 is 16.5 Å². The predicted molar refractivity (Wildman–Crippen MR) is 69.4 cm³/mol. The maximum Gasteiger partial charge on any atom is 2.00 e. The van der Waals surface area contributed by atoms with E-state index in [1.807, 2.05) is 0 Å². The average molecular weight is 378 g/mol. The first-order valence-electron chi connectivity index (χ1n) is 5.33. The van der Waals surface area contributed by atoms with E-state index in [9.17, 15) is 18.9 Å². The van der Waals surface area contributed by atoms with Crippen molar-refractivity contribution in [2.24, 2.45) is 0 Å². The minimum Gasteiger partial charge on any atom is -0.558 e. The van der Waals surface area contributed by atoms with Crippen molar-refractivity contribution < 1.29 is 47.4 Å². The molecule has 0 amide bonds. The van der Waals surface area contributed by atoms with Crippen molar-refractivity contribution in [3.8, 4) is 11.5 Å². The Hall–Kier alpha value is -1.22. The Bertz CT molecular complexity index is 501. The fourth-order valence-electron chi connectivity index (χ4n) is 1.13. The number of benzene rings is 2. The smallest absolute Gasteiger partial charge is 0.558 e. The molecule has 0 N–H and O–H groups in total. The van der Waals surface area contributed by atoms with Crippen LogP contribution in [-0.2, 0) is 28.6 Å². The van der Waals surface area contributed by atoms with Crippen molar-refractivity contribution in [1.82, 2.24) is 0 Å². The maximum absolute atomic E-state index is 9.98. The third-order valence-corrected chi connectivity index (χ3v) is 2.57. The SMILES string of the molecule is O=[P+]([O-])Oc1ccccc1.O=[P+]([O-])Oc1ccccc1.[Zn+2]. The summed E-state index contributed by atoms with van der Waals surface area (Å²) >= 11 is 0. The van der Waals surface area contributed by atoms with Crippen LogP contribution in [0, 0.1) is 0 Å². The van der Waals surface area contributed by atoms with Crippen LogP contribution in [0.2, 0.25) is 0 Å². The van der Waals surface area contributed by atoms with E-state index >= 15 is 0 Å². The first-order chi connectivity index (χ1) is 9.58. The summed E-state index contributed by atoms with van der Waals surface area (Å²) in [6.45, 7) is 0. The topological polar surface area (TPSA) is 98.7 Å². The molecular weight excluding hydrogens is 367 g/mol. The molecule has 0 saturated heterocycles. The predicted octanol–water partition coefficient (Wildman–Crippen LogP) is 2.16. The van der Waals surface area contributed by atoms with Crippen molar-refractivity contribution in [2.75, 3.05) is 0 Å². The molecule has 0 fully saturated rings. The van der Waals surface area contributed by atoms with Crippen LogP contribution in [0.3, 0.4) is 0 Å². The minimum absolute atomic E-state index is 0. The molecule has 104 valence electrons. The third-order valence-electron chi connectivity index (χ3n) is 1.85. The molecule has 2 unspecified atom stereocenters. The zero-order chi connectivity index (χ0) is 14.8. The summed E-state index contributed by atoms with van der Waals surface area (Å²) in [7, 11) is -5.55. The van der Waals surface area contributed by atoms with E-state index in [0.29, 0.717) is 11.5 Å². The monoisotopic (exact) mass is 376 g/mol. The Kier molecular flexibility index (Phi) is 10.8. The first kappa shape index (κ1) is 19.8. The molecule has 0 aromatic heterocycles. The van der Waals surface area contributed by atoms with Crippen molar-refractivity contribution in [3.63, 3.8) is 0 Å². The molecule has 0 aliphatic heterocycles. The van der Waals surface area contributed by atoms with Crippen LogP contribution in [0.25, 0.3) is 0 Å². The van der Waals surface area contributed by atoms with Crippen LogP contribution in [0.5, 0.6) is 11.5 Å². The molecule has 0 bridgehead atoms. The van der Waals surface area contributed by atoms with Gasteiger partial charge >= 0.3 is 36.0 Å². The standard InChI is InChI=1S/2C6H5O3P.Zn/c2*7-10(8)9-6-4-2-1-3-5-6;/h2*1-5H;/q;;+2. The zero-order valence-electron chi connectivity index (χ0n) is 10.8. The molecule has 6 nitrogen and oxygen atoms in total. The Morgan fingerprint density at radius 3 is 1.19 bits per heavy atom. The normalized spacial score (nSPS) is 10.2. The van der Waals surface area contributed by atoms with E-state index in [1.165, 1.54) is 0 Å². The first-order valence-corrected chi connectivity index (χ1v) is 7.52. The van der Waals surface area contributed by atoms with Gasteiger partial charge in [0.05, 0.1) is 0 Å². The van der Waals surface area contributed by atoms with Crippen LogP contribution in [0.15, 0.2) is 60.7 Å². The summed E-state index contributed by atoms with van der Waals surface area (Å²) in [4.78, 5) is 20.0. The molecule has 2 atom stereocenters. The largest absolute Gasteiger partial charge is 2.00 e. The second kappa shape index (κ2) is 11.4. The summed E-state index contributed by atoms with van der Waals surface area (Å²) in [5.41, 5.74) is 0. The van der Waals surface area contributed by atoms with Crippen LogP contribution in [0.1, 0.15) is 0 Å².